The van der Waals surface area contributed by atoms with Crippen molar-refractivity contribution in [2.24, 2.45) is 0 Å². The summed E-state index contributed by atoms with van der Waals surface area (Å²) >= 11 is 0. The van der Waals surface area contributed by atoms with Crippen molar-refractivity contribution in [3.05, 3.63) is 69.5 Å². The Morgan fingerprint density at radius 1 is 1.33 bits per heavy atom. The number of hydrogen-bond acceptors (Lipinski definition) is 4. The van der Waals surface area contributed by atoms with Gasteiger partial charge in [0.25, 0.3) is 5.69 Å². The van der Waals surface area contributed by atoms with E-state index in [9.17, 15) is 14.5 Å². The molecule has 5 nitrogen and oxygen atoms in total. The third kappa shape index (κ3) is 3.15. The summed E-state index contributed by atoms with van der Waals surface area (Å²) in [7, 11) is 0. The molecule has 2 rings (SSSR count). The van der Waals surface area contributed by atoms with Crippen molar-refractivity contribution in [3.63, 3.8) is 0 Å². The molecule has 1 atom stereocenters. The van der Waals surface area contributed by atoms with Crippen LogP contribution in [0.15, 0.2) is 42.5 Å². The van der Waals surface area contributed by atoms with Gasteiger partial charge in [-0.2, -0.15) is 5.26 Å². The summed E-state index contributed by atoms with van der Waals surface area (Å²) in [5.74, 6) is -0.596. The van der Waals surface area contributed by atoms with E-state index in [2.05, 4.69) is 5.32 Å². The number of nitro groups is 1. The number of nitrogens with zero attached hydrogens (tertiary/aromatic N) is 2. The number of nitriles is 1. The maximum atomic E-state index is 13.3. The van der Waals surface area contributed by atoms with Gasteiger partial charge in [-0.3, -0.25) is 10.1 Å². The van der Waals surface area contributed by atoms with Crippen LogP contribution in [0.3, 0.4) is 0 Å². The number of benzene rings is 2. The van der Waals surface area contributed by atoms with Gasteiger partial charge in [0.2, 0.25) is 0 Å². The normalized spacial score (nSPS) is 11.5. The summed E-state index contributed by atoms with van der Waals surface area (Å²) in [6, 6.07) is 11.8. The lowest BCUT2D eigenvalue weighted by molar-refractivity contribution is -0.385. The van der Waals surface area contributed by atoms with E-state index in [0.29, 0.717) is 11.3 Å². The molecule has 1 N–H and O–H groups in total. The highest BCUT2D eigenvalue weighted by atomic mass is 19.1. The maximum absolute atomic E-state index is 13.3. The second kappa shape index (κ2) is 6.01. The van der Waals surface area contributed by atoms with Gasteiger partial charge in [0.05, 0.1) is 22.1 Å². The Kier molecular flexibility index (Phi) is 4.14. The third-order valence-electron chi connectivity index (χ3n) is 3.07. The van der Waals surface area contributed by atoms with Crippen molar-refractivity contribution in [1.29, 1.82) is 5.26 Å². The number of nitrogens with one attached hydrogen (secondary N) is 1. The van der Waals surface area contributed by atoms with Crippen LogP contribution in [0.5, 0.6) is 0 Å². The van der Waals surface area contributed by atoms with E-state index < -0.39 is 10.7 Å². The predicted octanol–water partition coefficient (Wildman–Crippen LogP) is 3.78. The highest BCUT2D eigenvalue weighted by Crippen LogP contribution is 2.27. The lowest BCUT2D eigenvalue weighted by atomic mass is 10.1. The van der Waals surface area contributed by atoms with Gasteiger partial charge in [-0.1, -0.05) is 18.2 Å². The number of para-hydroxylation sites is 1. The Morgan fingerprint density at radius 2 is 2.05 bits per heavy atom. The molecule has 21 heavy (non-hydrogen) atoms. The van der Waals surface area contributed by atoms with Crippen LogP contribution in [0.2, 0.25) is 0 Å². The molecule has 0 aliphatic heterocycles. The fourth-order valence-electron chi connectivity index (χ4n) is 2.05. The van der Waals surface area contributed by atoms with Crippen LogP contribution in [-0.2, 0) is 0 Å². The van der Waals surface area contributed by atoms with Gasteiger partial charge in [-0.15, -0.1) is 0 Å². The molecule has 106 valence electrons. The van der Waals surface area contributed by atoms with Crippen LogP contribution in [0.25, 0.3) is 0 Å². The summed E-state index contributed by atoms with van der Waals surface area (Å²) in [5, 5.41) is 22.8. The molecule has 0 spiro atoms. The minimum absolute atomic E-state index is 0.0140. The second-order valence-corrected chi connectivity index (χ2v) is 4.49. The Morgan fingerprint density at radius 3 is 2.71 bits per heavy atom. The Labute approximate surface area is 120 Å². The first-order chi connectivity index (χ1) is 10.0. The molecule has 0 aromatic heterocycles. The first-order valence-electron chi connectivity index (χ1n) is 6.22. The van der Waals surface area contributed by atoms with Gasteiger partial charge in [-0.05, 0) is 25.1 Å². The number of hydrogen-bond donors (Lipinski definition) is 1. The van der Waals surface area contributed by atoms with Crippen LogP contribution < -0.4 is 5.32 Å². The van der Waals surface area contributed by atoms with Crippen molar-refractivity contribution < 1.29 is 9.31 Å². The van der Waals surface area contributed by atoms with Crippen molar-refractivity contribution in [2.45, 2.75) is 13.0 Å². The van der Waals surface area contributed by atoms with Crippen molar-refractivity contribution in [2.75, 3.05) is 5.32 Å². The molecule has 0 amide bonds. The summed E-state index contributed by atoms with van der Waals surface area (Å²) in [6.07, 6.45) is 0. The zero-order chi connectivity index (χ0) is 15.4. The molecule has 0 aliphatic carbocycles. The summed E-state index contributed by atoms with van der Waals surface area (Å²) in [5.41, 5.74) is 0.985. The average molecular weight is 285 g/mol. The van der Waals surface area contributed by atoms with Gasteiger partial charge in [0.15, 0.2) is 0 Å². The van der Waals surface area contributed by atoms with Gasteiger partial charge < -0.3 is 5.32 Å². The van der Waals surface area contributed by atoms with Crippen molar-refractivity contribution in [1.82, 2.24) is 0 Å². The van der Waals surface area contributed by atoms with Crippen LogP contribution in [-0.4, -0.2) is 4.92 Å². The second-order valence-electron chi connectivity index (χ2n) is 4.49. The van der Waals surface area contributed by atoms with E-state index in [1.54, 1.807) is 31.2 Å². The molecular weight excluding hydrogens is 273 g/mol. The highest BCUT2D eigenvalue weighted by Gasteiger charge is 2.18. The van der Waals surface area contributed by atoms with Crippen molar-refractivity contribution in [3.8, 4) is 6.07 Å². The first-order valence-corrected chi connectivity index (χ1v) is 6.22. The van der Waals surface area contributed by atoms with Gasteiger partial charge in [0.1, 0.15) is 11.9 Å². The number of halogens is 1. The summed E-state index contributed by atoms with van der Waals surface area (Å²) in [4.78, 5) is 10.6. The molecule has 1 unspecified atom stereocenters. The molecular formula is C15H12FN3O2. The topological polar surface area (TPSA) is 79.0 Å². The fraction of sp³-hybridized carbons (Fsp3) is 0.133. The monoisotopic (exact) mass is 285 g/mol. The third-order valence-corrected chi connectivity index (χ3v) is 3.07. The predicted molar refractivity (Wildman–Crippen MR) is 76.2 cm³/mol. The molecule has 2 aromatic rings. The van der Waals surface area contributed by atoms with Crippen molar-refractivity contribution >= 4 is 11.4 Å². The molecule has 0 saturated heterocycles. The lowest BCUT2D eigenvalue weighted by Crippen LogP contribution is -2.09. The fourth-order valence-corrected chi connectivity index (χ4v) is 2.05. The quantitative estimate of drug-likeness (QED) is 0.685. The largest absolute Gasteiger partial charge is 0.378 e. The van der Waals surface area contributed by atoms with Crippen LogP contribution in [0.4, 0.5) is 15.8 Å². The SMILES string of the molecule is CC(Nc1ccc(F)c(C#N)c1)c1ccccc1[N+](=O)[O-]. The summed E-state index contributed by atoms with van der Waals surface area (Å²) < 4.78 is 13.3. The summed E-state index contributed by atoms with van der Waals surface area (Å²) in [6.45, 7) is 1.76. The van der Waals surface area contributed by atoms with Crippen LogP contribution in [0, 0.1) is 27.3 Å². The Hall–Kier alpha value is -2.94. The minimum atomic E-state index is -0.596. The molecule has 0 fully saturated rings. The molecule has 0 bridgehead atoms. The van der Waals surface area contributed by atoms with E-state index in [4.69, 9.17) is 5.26 Å². The molecule has 0 radical (unpaired) electrons. The van der Waals surface area contributed by atoms with E-state index in [0.717, 1.165) is 0 Å². The molecule has 0 heterocycles. The average Bonchev–Trinajstić information content (AvgIpc) is 2.49. The van der Waals surface area contributed by atoms with E-state index in [1.807, 2.05) is 0 Å². The minimum Gasteiger partial charge on any atom is -0.378 e. The zero-order valence-corrected chi connectivity index (χ0v) is 11.2. The Bertz CT molecular complexity index is 725. The van der Waals surface area contributed by atoms with E-state index in [-0.39, 0.29) is 17.3 Å². The standard InChI is InChI=1S/C15H12FN3O2/c1-10(13-4-2-3-5-15(13)19(20)21)18-12-6-7-14(16)11(8-12)9-17/h2-8,10,18H,1H3. The molecule has 0 aliphatic rings. The number of anilines is 1. The zero-order valence-electron chi connectivity index (χ0n) is 11.2. The smallest absolute Gasteiger partial charge is 0.274 e. The highest BCUT2D eigenvalue weighted by molar-refractivity contribution is 5.53. The van der Waals surface area contributed by atoms with Gasteiger partial charge in [0, 0.05) is 11.8 Å². The number of rotatable bonds is 4. The molecule has 0 saturated carbocycles. The lowest BCUT2D eigenvalue weighted by Gasteiger charge is -2.16. The van der Waals surface area contributed by atoms with Crippen LogP contribution >= 0.6 is 0 Å². The van der Waals surface area contributed by atoms with E-state index in [1.165, 1.54) is 24.3 Å². The van der Waals surface area contributed by atoms with Crippen LogP contribution in [0.1, 0.15) is 24.1 Å². The number of nitro benzene ring substituents is 1. The van der Waals surface area contributed by atoms with Gasteiger partial charge in [-0.25, -0.2) is 4.39 Å². The molecule has 6 heteroatoms. The van der Waals surface area contributed by atoms with E-state index >= 15 is 0 Å². The maximum Gasteiger partial charge on any atom is 0.274 e. The first kappa shape index (κ1) is 14.5. The molecule has 2 aromatic carbocycles. The van der Waals surface area contributed by atoms with Gasteiger partial charge >= 0.3 is 0 Å². The Balaban J connectivity index is 2.29.